The molecule has 0 aliphatic carbocycles. The van der Waals surface area contributed by atoms with Crippen LogP contribution < -0.4 is 4.74 Å². The van der Waals surface area contributed by atoms with Gasteiger partial charge in [0.25, 0.3) is 5.95 Å². The highest BCUT2D eigenvalue weighted by Crippen LogP contribution is 2.38. The van der Waals surface area contributed by atoms with Gasteiger partial charge in [-0.2, -0.15) is 0 Å². The number of nitrogens with zero attached hydrogens (tertiary/aromatic N) is 1. The van der Waals surface area contributed by atoms with E-state index >= 15 is 0 Å². The highest BCUT2D eigenvalue weighted by Gasteiger charge is 2.20. The number of nitro benzene ring substituents is 1. The average Bonchev–Trinajstić information content (AvgIpc) is 2.82. The number of nitro groups is 1. The fourth-order valence-corrected chi connectivity index (χ4v) is 1.65. The predicted octanol–water partition coefficient (Wildman–Crippen LogP) is 3.99. The van der Waals surface area contributed by atoms with Crippen molar-refractivity contribution in [1.82, 2.24) is 0 Å². The second-order valence-corrected chi connectivity index (χ2v) is 4.33. The molecule has 0 bridgehead atoms. The monoisotopic (exact) mass is 317 g/mol. The molecule has 0 aliphatic rings. The molecule has 0 atom stereocenters. The Morgan fingerprint density at radius 1 is 1.30 bits per heavy atom. The maximum absolute atomic E-state index is 10.9. The molecule has 0 saturated heterocycles. The average molecular weight is 318 g/mol. The van der Waals surface area contributed by atoms with E-state index in [1.165, 1.54) is 6.07 Å². The number of hydrogen-bond donors (Lipinski definition) is 1. The zero-order valence-electron chi connectivity index (χ0n) is 9.50. The molecule has 0 radical (unpaired) electrons. The van der Waals surface area contributed by atoms with Crippen molar-refractivity contribution in [3.8, 4) is 11.7 Å². The molecule has 0 amide bonds. The highest BCUT2D eigenvalue weighted by molar-refractivity contribution is 6.42. The molecule has 7 nitrogen and oxygen atoms in total. The van der Waals surface area contributed by atoms with Gasteiger partial charge in [0.1, 0.15) is 0 Å². The molecule has 0 fully saturated rings. The van der Waals surface area contributed by atoms with Crippen molar-refractivity contribution in [2.24, 2.45) is 0 Å². The molecule has 0 unspecified atom stereocenters. The van der Waals surface area contributed by atoms with E-state index in [-0.39, 0.29) is 27.5 Å². The van der Waals surface area contributed by atoms with E-state index < -0.39 is 16.6 Å². The lowest BCUT2D eigenvalue weighted by atomic mass is 10.3. The fourth-order valence-electron chi connectivity index (χ4n) is 1.34. The third-order valence-electron chi connectivity index (χ3n) is 2.20. The molecule has 20 heavy (non-hydrogen) atoms. The minimum absolute atomic E-state index is 0.00335. The van der Waals surface area contributed by atoms with Crippen LogP contribution in [0.25, 0.3) is 0 Å². The first-order valence-corrected chi connectivity index (χ1v) is 5.78. The van der Waals surface area contributed by atoms with Gasteiger partial charge in [0.15, 0.2) is 0 Å². The molecule has 1 heterocycles. The third kappa shape index (κ3) is 2.84. The van der Waals surface area contributed by atoms with Crippen LogP contribution in [-0.2, 0) is 0 Å². The minimum Gasteiger partial charge on any atom is -0.475 e. The van der Waals surface area contributed by atoms with Gasteiger partial charge in [-0.1, -0.05) is 23.2 Å². The molecular weight excluding hydrogens is 313 g/mol. The largest absolute Gasteiger partial charge is 0.475 e. The summed E-state index contributed by atoms with van der Waals surface area (Å²) in [6, 6.07) is 4.54. The molecular formula is C11H5Cl2NO6. The number of hydrogen-bond acceptors (Lipinski definition) is 5. The Morgan fingerprint density at radius 2 is 1.95 bits per heavy atom. The van der Waals surface area contributed by atoms with E-state index in [9.17, 15) is 14.9 Å². The van der Waals surface area contributed by atoms with Gasteiger partial charge in [0, 0.05) is 18.2 Å². The number of carboxylic acids is 1. The van der Waals surface area contributed by atoms with Crippen LogP contribution in [-0.4, -0.2) is 16.0 Å². The number of ether oxygens (including phenoxy) is 1. The van der Waals surface area contributed by atoms with Gasteiger partial charge in [0.05, 0.1) is 15.0 Å². The Labute approximate surface area is 121 Å². The van der Waals surface area contributed by atoms with Crippen LogP contribution in [0.2, 0.25) is 10.0 Å². The van der Waals surface area contributed by atoms with Crippen molar-refractivity contribution in [2.45, 2.75) is 0 Å². The van der Waals surface area contributed by atoms with E-state index in [0.717, 1.165) is 18.2 Å². The van der Waals surface area contributed by atoms with Gasteiger partial charge in [0.2, 0.25) is 11.5 Å². The number of benzene rings is 1. The van der Waals surface area contributed by atoms with E-state index in [0.29, 0.717) is 0 Å². The molecule has 1 aromatic heterocycles. The second kappa shape index (κ2) is 5.40. The van der Waals surface area contributed by atoms with Gasteiger partial charge in [-0.05, 0) is 6.07 Å². The van der Waals surface area contributed by atoms with Crippen LogP contribution >= 0.6 is 23.2 Å². The number of carbonyl (C=O) groups is 1. The number of carboxylic acid groups (broad SMARTS) is 1. The number of aromatic carboxylic acids is 1. The Balaban J connectivity index is 2.39. The van der Waals surface area contributed by atoms with Crippen molar-refractivity contribution in [3.05, 3.63) is 50.2 Å². The van der Waals surface area contributed by atoms with Crippen molar-refractivity contribution in [2.75, 3.05) is 0 Å². The smallest absolute Gasteiger partial charge is 0.371 e. The maximum Gasteiger partial charge on any atom is 0.371 e. The van der Waals surface area contributed by atoms with E-state index in [2.05, 4.69) is 0 Å². The van der Waals surface area contributed by atoms with Gasteiger partial charge in [-0.3, -0.25) is 10.1 Å². The van der Waals surface area contributed by atoms with Crippen molar-refractivity contribution < 1.29 is 24.0 Å². The van der Waals surface area contributed by atoms with Crippen LogP contribution in [0, 0.1) is 10.1 Å². The number of furan rings is 1. The standard InChI is InChI=1S/C11H5Cl2NO6/c12-5-3-7(14(17)18)9(4-6(5)13)20-10-2-1-8(19-10)11(15)16/h1-4H,(H,15,16). The first-order valence-electron chi connectivity index (χ1n) is 5.03. The Hall–Kier alpha value is -2.25. The zero-order chi connectivity index (χ0) is 14.9. The van der Waals surface area contributed by atoms with Crippen molar-refractivity contribution >= 4 is 34.9 Å². The van der Waals surface area contributed by atoms with Crippen LogP contribution in [0.15, 0.2) is 28.7 Å². The lowest BCUT2D eigenvalue weighted by Gasteiger charge is -2.04. The summed E-state index contributed by atoms with van der Waals surface area (Å²) in [5, 5.41) is 19.6. The predicted molar refractivity (Wildman–Crippen MR) is 68.9 cm³/mol. The Kier molecular flexibility index (Phi) is 3.82. The fraction of sp³-hybridized carbons (Fsp3) is 0. The molecule has 0 saturated carbocycles. The Bertz CT molecular complexity index is 696. The summed E-state index contributed by atoms with van der Waals surface area (Å²) in [4.78, 5) is 20.8. The molecule has 104 valence electrons. The maximum atomic E-state index is 10.9. The third-order valence-corrected chi connectivity index (χ3v) is 2.92. The Morgan fingerprint density at radius 3 is 2.50 bits per heavy atom. The zero-order valence-corrected chi connectivity index (χ0v) is 11.0. The number of rotatable bonds is 4. The summed E-state index contributed by atoms with van der Waals surface area (Å²) in [6.07, 6.45) is 0. The van der Waals surface area contributed by atoms with Crippen LogP contribution in [0.1, 0.15) is 10.6 Å². The molecule has 0 aliphatic heterocycles. The summed E-state index contributed by atoms with van der Waals surface area (Å²) in [5.74, 6) is -2.08. The van der Waals surface area contributed by atoms with E-state index in [1.807, 2.05) is 0 Å². The quantitative estimate of drug-likeness (QED) is 0.675. The summed E-state index contributed by atoms with van der Waals surface area (Å²) in [7, 11) is 0. The summed E-state index contributed by atoms with van der Waals surface area (Å²) in [5.41, 5.74) is -0.423. The lowest BCUT2D eigenvalue weighted by Crippen LogP contribution is -1.94. The van der Waals surface area contributed by atoms with Gasteiger partial charge in [-0.25, -0.2) is 4.79 Å². The number of halogens is 2. The van der Waals surface area contributed by atoms with E-state index in [4.69, 9.17) is 37.5 Å². The molecule has 0 spiro atoms. The summed E-state index contributed by atoms with van der Waals surface area (Å²) in [6.45, 7) is 0. The summed E-state index contributed by atoms with van der Waals surface area (Å²) >= 11 is 11.4. The van der Waals surface area contributed by atoms with Crippen LogP contribution in [0.3, 0.4) is 0 Å². The SMILES string of the molecule is O=C(O)c1ccc(Oc2cc(Cl)c(Cl)cc2[N+](=O)[O-])o1. The molecule has 2 rings (SSSR count). The molecule has 1 N–H and O–H groups in total. The first kappa shape index (κ1) is 14.2. The van der Waals surface area contributed by atoms with E-state index in [1.54, 1.807) is 0 Å². The molecule has 2 aromatic rings. The van der Waals surface area contributed by atoms with Crippen molar-refractivity contribution in [3.63, 3.8) is 0 Å². The van der Waals surface area contributed by atoms with Crippen molar-refractivity contribution in [1.29, 1.82) is 0 Å². The summed E-state index contributed by atoms with van der Waals surface area (Å²) < 4.78 is 9.96. The highest BCUT2D eigenvalue weighted by atomic mass is 35.5. The normalized spacial score (nSPS) is 10.3. The van der Waals surface area contributed by atoms with Gasteiger partial charge >= 0.3 is 11.7 Å². The topological polar surface area (TPSA) is 103 Å². The lowest BCUT2D eigenvalue weighted by molar-refractivity contribution is -0.385. The van der Waals surface area contributed by atoms with Gasteiger partial charge < -0.3 is 14.3 Å². The molecule has 9 heteroatoms. The van der Waals surface area contributed by atoms with Crippen LogP contribution in [0.5, 0.6) is 11.7 Å². The minimum atomic E-state index is -1.29. The van der Waals surface area contributed by atoms with Crippen LogP contribution in [0.4, 0.5) is 5.69 Å². The molecule has 1 aromatic carbocycles. The van der Waals surface area contributed by atoms with Gasteiger partial charge in [-0.15, -0.1) is 0 Å². The second-order valence-electron chi connectivity index (χ2n) is 3.52. The first-order chi connectivity index (χ1) is 9.38.